The van der Waals surface area contributed by atoms with Gasteiger partial charge in [-0.1, -0.05) is 17.7 Å². The molecule has 0 saturated heterocycles. The maximum absolute atomic E-state index is 12.5. The summed E-state index contributed by atoms with van der Waals surface area (Å²) in [6.45, 7) is 2.08. The SMILES string of the molecule is COc1cc(C(=O)NCc2nnc(-c3cccc(C)c3)o2)cc(OC)c1OC. The zero-order chi connectivity index (χ0) is 20.1. The maximum Gasteiger partial charge on any atom is 0.251 e. The van der Waals surface area contributed by atoms with E-state index in [9.17, 15) is 4.79 Å². The van der Waals surface area contributed by atoms with Crippen LogP contribution in [0.3, 0.4) is 0 Å². The molecule has 0 radical (unpaired) electrons. The summed E-state index contributed by atoms with van der Waals surface area (Å²) in [6, 6.07) is 10.9. The molecule has 8 nitrogen and oxygen atoms in total. The first-order valence-corrected chi connectivity index (χ1v) is 8.53. The van der Waals surface area contributed by atoms with Gasteiger partial charge in [0.25, 0.3) is 5.91 Å². The van der Waals surface area contributed by atoms with E-state index < -0.39 is 0 Å². The molecule has 1 N–H and O–H groups in total. The van der Waals surface area contributed by atoms with E-state index in [0.717, 1.165) is 11.1 Å². The van der Waals surface area contributed by atoms with Gasteiger partial charge in [0.2, 0.25) is 17.5 Å². The number of nitrogens with zero attached hydrogens (tertiary/aromatic N) is 2. The Labute approximate surface area is 162 Å². The van der Waals surface area contributed by atoms with E-state index in [2.05, 4.69) is 15.5 Å². The molecule has 1 amide bonds. The van der Waals surface area contributed by atoms with E-state index >= 15 is 0 Å². The molecule has 8 heteroatoms. The van der Waals surface area contributed by atoms with E-state index in [1.54, 1.807) is 12.1 Å². The molecule has 0 atom stereocenters. The molecule has 146 valence electrons. The lowest BCUT2D eigenvalue weighted by atomic mass is 10.1. The summed E-state index contributed by atoms with van der Waals surface area (Å²) in [5.74, 6) is 1.58. The smallest absolute Gasteiger partial charge is 0.251 e. The number of nitrogens with one attached hydrogen (secondary N) is 1. The molecule has 0 aliphatic rings. The van der Waals surface area contributed by atoms with Crippen molar-refractivity contribution in [2.45, 2.75) is 13.5 Å². The first kappa shape index (κ1) is 19.2. The number of methoxy groups -OCH3 is 3. The van der Waals surface area contributed by atoms with Crippen LogP contribution in [0.4, 0.5) is 0 Å². The number of rotatable bonds is 7. The second kappa shape index (κ2) is 8.43. The minimum atomic E-state index is -0.338. The van der Waals surface area contributed by atoms with Gasteiger partial charge in [0.15, 0.2) is 11.5 Å². The minimum Gasteiger partial charge on any atom is -0.493 e. The zero-order valence-electron chi connectivity index (χ0n) is 16.1. The standard InChI is InChI=1S/C20H21N3O5/c1-12-6-5-7-13(8-12)20-23-22-17(28-20)11-21-19(24)14-9-15(25-2)18(27-4)16(10-14)26-3/h5-10H,11H2,1-4H3,(H,21,24). The van der Waals surface area contributed by atoms with E-state index in [-0.39, 0.29) is 12.5 Å². The van der Waals surface area contributed by atoms with E-state index in [4.69, 9.17) is 18.6 Å². The second-order valence-corrected chi connectivity index (χ2v) is 5.97. The predicted octanol–water partition coefficient (Wildman–Crippen LogP) is 3.00. The summed E-state index contributed by atoms with van der Waals surface area (Å²) in [7, 11) is 4.48. The van der Waals surface area contributed by atoms with Crippen molar-refractivity contribution in [2.75, 3.05) is 21.3 Å². The third-order valence-electron chi connectivity index (χ3n) is 4.06. The van der Waals surface area contributed by atoms with Gasteiger partial charge >= 0.3 is 0 Å². The Morgan fingerprint density at radius 1 is 1.04 bits per heavy atom. The molecule has 3 rings (SSSR count). The van der Waals surface area contributed by atoms with Crippen LogP contribution >= 0.6 is 0 Å². The topological polar surface area (TPSA) is 95.7 Å². The van der Waals surface area contributed by atoms with E-state index in [1.165, 1.54) is 21.3 Å². The highest BCUT2D eigenvalue weighted by molar-refractivity contribution is 5.95. The predicted molar refractivity (Wildman–Crippen MR) is 102 cm³/mol. The maximum atomic E-state index is 12.5. The molecule has 1 heterocycles. The van der Waals surface area contributed by atoms with E-state index in [0.29, 0.717) is 34.6 Å². The van der Waals surface area contributed by atoms with Crippen molar-refractivity contribution in [3.63, 3.8) is 0 Å². The fourth-order valence-corrected chi connectivity index (χ4v) is 2.69. The van der Waals surface area contributed by atoms with E-state index in [1.807, 2.05) is 31.2 Å². The molecule has 3 aromatic rings. The summed E-state index contributed by atoms with van der Waals surface area (Å²) >= 11 is 0. The van der Waals surface area contributed by atoms with Crippen molar-refractivity contribution in [1.82, 2.24) is 15.5 Å². The lowest BCUT2D eigenvalue weighted by Crippen LogP contribution is -2.23. The Morgan fingerprint density at radius 2 is 1.75 bits per heavy atom. The van der Waals surface area contributed by atoms with Gasteiger partial charge in [0, 0.05) is 11.1 Å². The van der Waals surface area contributed by atoms with Crippen LogP contribution in [0.5, 0.6) is 17.2 Å². The minimum absolute atomic E-state index is 0.0916. The van der Waals surface area contributed by atoms with Crippen molar-refractivity contribution in [3.8, 4) is 28.7 Å². The summed E-state index contributed by atoms with van der Waals surface area (Å²) < 4.78 is 21.4. The molecule has 0 aliphatic heterocycles. The fourth-order valence-electron chi connectivity index (χ4n) is 2.69. The molecular formula is C20H21N3O5. The van der Waals surface area contributed by atoms with Gasteiger partial charge in [-0.2, -0.15) is 0 Å². The first-order valence-electron chi connectivity index (χ1n) is 8.53. The van der Waals surface area contributed by atoms with Crippen LogP contribution in [-0.2, 0) is 6.54 Å². The third kappa shape index (κ3) is 4.06. The van der Waals surface area contributed by atoms with Gasteiger partial charge in [0.05, 0.1) is 27.9 Å². The van der Waals surface area contributed by atoms with Gasteiger partial charge in [-0.05, 0) is 31.2 Å². The second-order valence-electron chi connectivity index (χ2n) is 5.97. The number of benzene rings is 2. The number of hydrogen-bond donors (Lipinski definition) is 1. The largest absolute Gasteiger partial charge is 0.493 e. The van der Waals surface area contributed by atoms with Crippen LogP contribution in [0.1, 0.15) is 21.8 Å². The molecule has 2 aromatic carbocycles. The van der Waals surface area contributed by atoms with Gasteiger partial charge in [0.1, 0.15) is 0 Å². The van der Waals surface area contributed by atoms with Crippen LogP contribution in [-0.4, -0.2) is 37.4 Å². The van der Waals surface area contributed by atoms with Gasteiger partial charge in [-0.25, -0.2) is 0 Å². The number of aromatic nitrogens is 2. The zero-order valence-corrected chi connectivity index (χ0v) is 16.1. The van der Waals surface area contributed by atoms with Crippen molar-refractivity contribution >= 4 is 5.91 Å². The summed E-state index contributed by atoms with van der Waals surface area (Å²) in [4.78, 5) is 12.5. The Kier molecular flexibility index (Phi) is 5.78. The average molecular weight is 383 g/mol. The molecule has 0 bridgehead atoms. The Morgan fingerprint density at radius 3 is 2.36 bits per heavy atom. The summed E-state index contributed by atoms with van der Waals surface area (Å²) in [5.41, 5.74) is 2.27. The Hall–Kier alpha value is -3.55. The monoisotopic (exact) mass is 383 g/mol. The molecule has 0 unspecified atom stereocenters. The summed E-state index contributed by atoms with van der Waals surface area (Å²) in [5, 5.41) is 10.8. The van der Waals surface area contributed by atoms with Crippen LogP contribution in [0, 0.1) is 6.92 Å². The molecule has 1 aromatic heterocycles. The highest BCUT2D eigenvalue weighted by atomic mass is 16.5. The number of hydrogen-bond acceptors (Lipinski definition) is 7. The van der Waals surface area contributed by atoms with Crippen LogP contribution in [0.2, 0.25) is 0 Å². The van der Waals surface area contributed by atoms with Crippen molar-refractivity contribution in [2.24, 2.45) is 0 Å². The highest BCUT2D eigenvalue weighted by Crippen LogP contribution is 2.38. The number of carbonyl (C=O) groups excluding carboxylic acids is 1. The number of aryl methyl sites for hydroxylation is 1. The molecule has 0 spiro atoms. The molecule has 0 aliphatic carbocycles. The molecule has 0 fully saturated rings. The highest BCUT2D eigenvalue weighted by Gasteiger charge is 2.17. The number of ether oxygens (including phenoxy) is 3. The van der Waals surface area contributed by atoms with Gasteiger partial charge in [-0.15, -0.1) is 10.2 Å². The van der Waals surface area contributed by atoms with Crippen molar-refractivity contribution < 1.29 is 23.4 Å². The molecule has 28 heavy (non-hydrogen) atoms. The lowest BCUT2D eigenvalue weighted by molar-refractivity contribution is 0.0946. The average Bonchev–Trinajstić information content (AvgIpc) is 3.19. The van der Waals surface area contributed by atoms with Crippen molar-refractivity contribution in [1.29, 1.82) is 0 Å². The number of carbonyl (C=O) groups is 1. The summed E-state index contributed by atoms with van der Waals surface area (Å²) in [6.07, 6.45) is 0. The molecule has 0 saturated carbocycles. The van der Waals surface area contributed by atoms with Crippen LogP contribution in [0.15, 0.2) is 40.8 Å². The normalized spacial score (nSPS) is 10.4. The quantitative estimate of drug-likeness (QED) is 0.670. The molecular weight excluding hydrogens is 362 g/mol. The first-order chi connectivity index (χ1) is 13.5. The van der Waals surface area contributed by atoms with Crippen LogP contribution in [0.25, 0.3) is 11.5 Å². The van der Waals surface area contributed by atoms with Gasteiger partial charge < -0.3 is 23.9 Å². The lowest BCUT2D eigenvalue weighted by Gasteiger charge is -2.13. The van der Waals surface area contributed by atoms with Gasteiger partial charge in [-0.3, -0.25) is 4.79 Å². The Bertz CT molecular complexity index is 958. The Balaban J connectivity index is 1.72. The van der Waals surface area contributed by atoms with Crippen LogP contribution < -0.4 is 19.5 Å². The fraction of sp³-hybridized carbons (Fsp3) is 0.250. The number of amides is 1. The van der Waals surface area contributed by atoms with Crippen molar-refractivity contribution in [3.05, 3.63) is 53.4 Å². The third-order valence-corrected chi connectivity index (χ3v) is 4.06.